The van der Waals surface area contributed by atoms with Crippen LogP contribution < -0.4 is 8.37 Å². The quantitative estimate of drug-likeness (QED) is 0.646. The third kappa shape index (κ3) is 1.22. The number of nitrogens with zero attached hydrogens (tertiary/aromatic N) is 1. The number of aromatic nitrogens is 1. The van der Waals surface area contributed by atoms with Gasteiger partial charge in [-0.25, -0.2) is 0 Å². The summed E-state index contributed by atoms with van der Waals surface area (Å²) in [6.07, 6.45) is 0. The van der Waals surface area contributed by atoms with Crippen molar-refractivity contribution < 1.29 is 16.8 Å². The van der Waals surface area contributed by atoms with Gasteiger partial charge in [-0.1, -0.05) is 0 Å². The van der Waals surface area contributed by atoms with E-state index in [1.165, 1.54) is 0 Å². The lowest BCUT2D eigenvalue weighted by Gasteiger charge is -2.20. The molecular formula is C8H9NO4S. The molecule has 0 unspecified atom stereocenters. The molecule has 0 radical (unpaired) electrons. The van der Waals surface area contributed by atoms with Gasteiger partial charge in [0.05, 0.1) is 11.4 Å². The van der Waals surface area contributed by atoms with Crippen molar-refractivity contribution in [3.05, 3.63) is 17.0 Å². The second-order valence-corrected chi connectivity index (χ2v) is 4.29. The van der Waals surface area contributed by atoms with E-state index in [2.05, 4.69) is 13.4 Å². The van der Waals surface area contributed by atoms with Crippen molar-refractivity contribution in [2.45, 2.75) is 20.8 Å². The standard InChI is InChI=1S/C8H9NO4S/c1-4-7-5(2)9-6(3)8(4)13-14(10,11)12-7/h1-3H3. The molecule has 2 heterocycles. The molecule has 14 heavy (non-hydrogen) atoms. The Hall–Kier alpha value is -1.30. The van der Waals surface area contributed by atoms with Gasteiger partial charge in [0.25, 0.3) is 0 Å². The number of aryl methyl sites for hydroxylation is 2. The van der Waals surface area contributed by atoms with Crippen molar-refractivity contribution in [1.29, 1.82) is 0 Å². The summed E-state index contributed by atoms with van der Waals surface area (Å²) in [4.78, 5) is 4.11. The molecular weight excluding hydrogens is 206 g/mol. The van der Waals surface area contributed by atoms with Crippen LogP contribution in [0.25, 0.3) is 0 Å². The maximum atomic E-state index is 11.1. The van der Waals surface area contributed by atoms with Gasteiger partial charge in [-0.2, -0.15) is 0 Å². The van der Waals surface area contributed by atoms with Crippen LogP contribution in [0.3, 0.4) is 0 Å². The van der Waals surface area contributed by atoms with Crippen LogP contribution in [0, 0.1) is 20.8 Å². The van der Waals surface area contributed by atoms with E-state index in [4.69, 9.17) is 0 Å². The molecule has 2 bridgehead atoms. The van der Waals surface area contributed by atoms with Crippen molar-refractivity contribution >= 4 is 10.4 Å². The molecule has 0 atom stereocenters. The van der Waals surface area contributed by atoms with Gasteiger partial charge in [0.15, 0.2) is 11.5 Å². The first-order valence-corrected chi connectivity index (χ1v) is 5.36. The maximum Gasteiger partial charge on any atom is 0.501 e. The largest absolute Gasteiger partial charge is 0.501 e. The van der Waals surface area contributed by atoms with E-state index in [1.807, 2.05) is 0 Å². The first kappa shape index (κ1) is 9.26. The second-order valence-electron chi connectivity index (χ2n) is 3.14. The highest BCUT2D eigenvalue weighted by Crippen LogP contribution is 2.37. The molecule has 1 aliphatic rings. The van der Waals surface area contributed by atoms with Crippen molar-refractivity contribution in [3.8, 4) is 11.5 Å². The Morgan fingerprint density at radius 3 is 1.86 bits per heavy atom. The van der Waals surface area contributed by atoms with E-state index in [0.29, 0.717) is 17.0 Å². The number of pyridine rings is 1. The topological polar surface area (TPSA) is 65.5 Å². The molecule has 0 aromatic carbocycles. The summed E-state index contributed by atoms with van der Waals surface area (Å²) in [7, 11) is -3.94. The fourth-order valence-corrected chi connectivity index (χ4v) is 2.40. The third-order valence-corrected chi connectivity index (χ3v) is 2.79. The van der Waals surface area contributed by atoms with E-state index >= 15 is 0 Å². The Balaban J connectivity index is 2.78. The highest BCUT2D eigenvalue weighted by molar-refractivity contribution is 7.82. The number of fused-ring (bicyclic) bond motifs is 2. The SMILES string of the molecule is Cc1nc(C)c2c(C)c1OS(=O)(=O)O2. The molecule has 0 N–H and O–H groups in total. The molecule has 0 aliphatic carbocycles. The van der Waals surface area contributed by atoms with Crippen LogP contribution in [0.5, 0.6) is 11.5 Å². The maximum absolute atomic E-state index is 11.1. The number of rotatable bonds is 0. The highest BCUT2D eigenvalue weighted by Gasteiger charge is 2.30. The Bertz CT molecular complexity index is 470. The van der Waals surface area contributed by atoms with Crippen molar-refractivity contribution in [3.63, 3.8) is 0 Å². The summed E-state index contributed by atoms with van der Waals surface area (Å²) < 4.78 is 31.6. The predicted molar refractivity (Wildman–Crippen MR) is 48.6 cm³/mol. The lowest BCUT2D eigenvalue weighted by Crippen LogP contribution is -2.23. The van der Waals surface area contributed by atoms with Crippen LogP contribution in [-0.4, -0.2) is 13.4 Å². The Morgan fingerprint density at radius 2 is 1.43 bits per heavy atom. The number of hydrogen-bond donors (Lipinski definition) is 0. The monoisotopic (exact) mass is 215 g/mol. The molecule has 76 valence electrons. The van der Waals surface area contributed by atoms with E-state index in [9.17, 15) is 8.42 Å². The van der Waals surface area contributed by atoms with Gasteiger partial charge in [-0.05, 0) is 20.8 Å². The molecule has 0 saturated carbocycles. The van der Waals surface area contributed by atoms with Gasteiger partial charge in [-0.15, -0.1) is 8.42 Å². The molecule has 0 amide bonds. The minimum atomic E-state index is -3.94. The third-order valence-electron chi connectivity index (χ3n) is 2.04. The first-order chi connectivity index (χ1) is 6.41. The normalized spacial score (nSPS) is 17.1. The summed E-state index contributed by atoms with van der Waals surface area (Å²) in [6.45, 7) is 5.13. The van der Waals surface area contributed by atoms with Gasteiger partial charge >= 0.3 is 10.4 Å². The molecule has 1 aromatic heterocycles. The zero-order valence-corrected chi connectivity index (χ0v) is 8.80. The van der Waals surface area contributed by atoms with Gasteiger partial charge in [0.2, 0.25) is 0 Å². The summed E-state index contributed by atoms with van der Waals surface area (Å²) in [6, 6.07) is 0. The van der Waals surface area contributed by atoms with Gasteiger partial charge in [0, 0.05) is 5.56 Å². The molecule has 5 nitrogen and oxygen atoms in total. The van der Waals surface area contributed by atoms with Crippen LogP contribution in [0.1, 0.15) is 17.0 Å². The predicted octanol–water partition coefficient (Wildman–Crippen LogP) is 1.02. The van der Waals surface area contributed by atoms with Crippen LogP contribution in [0.15, 0.2) is 0 Å². The second kappa shape index (κ2) is 2.60. The highest BCUT2D eigenvalue weighted by atomic mass is 32.3. The zero-order valence-electron chi connectivity index (χ0n) is 7.99. The Labute approximate surface area is 82.0 Å². The molecule has 1 aliphatic heterocycles. The molecule has 1 aromatic rings. The van der Waals surface area contributed by atoms with Crippen LogP contribution in [0.4, 0.5) is 0 Å². The summed E-state index contributed by atoms with van der Waals surface area (Å²) in [5.74, 6) is 0.550. The van der Waals surface area contributed by atoms with Crippen LogP contribution >= 0.6 is 0 Å². The number of hydrogen-bond acceptors (Lipinski definition) is 5. The summed E-state index contributed by atoms with van der Waals surface area (Å²) in [5, 5.41) is 0. The molecule has 0 spiro atoms. The molecule has 0 fully saturated rings. The minimum Gasteiger partial charge on any atom is -0.350 e. The fourth-order valence-electron chi connectivity index (χ4n) is 1.47. The average Bonchev–Trinajstić information content (AvgIpc) is 2.05. The molecule has 6 heteroatoms. The molecule has 2 rings (SSSR count). The van der Waals surface area contributed by atoms with Crippen molar-refractivity contribution in [2.75, 3.05) is 0 Å². The molecule has 0 saturated heterocycles. The van der Waals surface area contributed by atoms with Gasteiger partial charge in [-0.3, -0.25) is 4.98 Å². The van der Waals surface area contributed by atoms with Crippen molar-refractivity contribution in [1.82, 2.24) is 4.98 Å². The fraction of sp³-hybridized carbons (Fsp3) is 0.375. The minimum absolute atomic E-state index is 0.275. The lowest BCUT2D eigenvalue weighted by atomic mass is 10.2. The van der Waals surface area contributed by atoms with Gasteiger partial charge in [0.1, 0.15) is 0 Å². The Morgan fingerprint density at radius 1 is 1.00 bits per heavy atom. The smallest absolute Gasteiger partial charge is 0.350 e. The van der Waals surface area contributed by atoms with Gasteiger partial charge < -0.3 is 8.37 Å². The van der Waals surface area contributed by atoms with E-state index in [1.54, 1.807) is 20.8 Å². The first-order valence-electron chi connectivity index (χ1n) is 4.02. The van der Waals surface area contributed by atoms with Crippen LogP contribution in [0.2, 0.25) is 0 Å². The zero-order chi connectivity index (χ0) is 10.5. The van der Waals surface area contributed by atoms with E-state index in [-0.39, 0.29) is 11.5 Å². The Kier molecular flexibility index (Phi) is 1.72. The van der Waals surface area contributed by atoms with E-state index in [0.717, 1.165) is 0 Å². The summed E-state index contributed by atoms with van der Waals surface area (Å²) >= 11 is 0. The summed E-state index contributed by atoms with van der Waals surface area (Å²) in [5.41, 5.74) is 1.77. The lowest BCUT2D eigenvalue weighted by molar-refractivity contribution is 0.368. The van der Waals surface area contributed by atoms with E-state index < -0.39 is 10.4 Å². The van der Waals surface area contributed by atoms with Crippen molar-refractivity contribution in [2.24, 2.45) is 0 Å². The average molecular weight is 215 g/mol. The van der Waals surface area contributed by atoms with Crippen LogP contribution in [-0.2, 0) is 10.4 Å².